The lowest BCUT2D eigenvalue weighted by atomic mass is 10.1. The van der Waals surface area contributed by atoms with Gasteiger partial charge in [0.2, 0.25) is 0 Å². The van der Waals surface area contributed by atoms with Crippen molar-refractivity contribution in [1.29, 1.82) is 0 Å². The fourth-order valence-corrected chi connectivity index (χ4v) is 1.73. The summed E-state index contributed by atoms with van der Waals surface area (Å²) in [5.41, 5.74) is 1.00. The monoisotopic (exact) mass is 264 g/mol. The maximum absolute atomic E-state index is 9.34. The largest absolute Gasteiger partial charge is 0.394 e. The van der Waals surface area contributed by atoms with Gasteiger partial charge in [-0.2, -0.15) is 5.10 Å². The molecule has 0 atom stereocenters. The first-order valence-corrected chi connectivity index (χ1v) is 6.33. The van der Waals surface area contributed by atoms with E-state index < -0.39 is 5.54 Å². The van der Waals surface area contributed by atoms with Crippen molar-refractivity contribution >= 4 is 11.3 Å². The van der Waals surface area contributed by atoms with Crippen molar-refractivity contribution in [1.82, 2.24) is 14.6 Å². The molecule has 2 aromatic heterocycles. The van der Waals surface area contributed by atoms with Crippen LogP contribution in [0, 0.1) is 0 Å². The summed E-state index contributed by atoms with van der Waals surface area (Å²) in [7, 11) is 0. The molecule has 0 aliphatic carbocycles. The molecule has 0 fully saturated rings. The second-order valence-corrected chi connectivity index (χ2v) is 5.33. The van der Waals surface area contributed by atoms with Crippen molar-refractivity contribution in [2.75, 3.05) is 18.5 Å². The summed E-state index contributed by atoms with van der Waals surface area (Å²) in [6, 6.07) is 1.97. The first kappa shape index (κ1) is 13.8. The summed E-state index contributed by atoms with van der Waals surface area (Å²) in [6.07, 6.45) is 3.42. The van der Waals surface area contributed by atoms with Gasteiger partial charge >= 0.3 is 0 Å². The van der Waals surface area contributed by atoms with Gasteiger partial charge in [0, 0.05) is 12.4 Å². The molecule has 2 heterocycles. The van der Waals surface area contributed by atoms with E-state index >= 15 is 0 Å². The Balaban J connectivity index is 2.43. The van der Waals surface area contributed by atoms with Crippen molar-refractivity contribution in [3.8, 4) is 0 Å². The molecule has 0 aromatic carbocycles. The predicted molar refractivity (Wildman–Crippen MR) is 73.3 cm³/mol. The Morgan fingerprint density at radius 1 is 1.37 bits per heavy atom. The molecule has 2 aromatic rings. The van der Waals surface area contributed by atoms with Gasteiger partial charge in [0.25, 0.3) is 0 Å². The van der Waals surface area contributed by atoms with E-state index in [2.05, 4.69) is 29.2 Å². The van der Waals surface area contributed by atoms with Gasteiger partial charge in [-0.25, -0.2) is 9.50 Å². The number of aliphatic hydroxyl groups is 2. The van der Waals surface area contributed by atoms with Crippen LogP contribution in [0.5, 0.6) is 0 Å². The Kier molecular flexibility index (Phi) is 3.73. The number of aromatic nitrogens is 3. The number of hydrogen-bond acceptors (Lipinski definition) is 5. The molecule has 104 valence electrons. The average molecular weight is 264 g/mol. The van der Waals surface area contributed by atoms with Crippen molar-refractivity contribution in [3.63, 3.8) is 0 Å². The summed E-state index contributed by atoms with van der Waals surface area (Å²) < 4.78 is 1.75. The molecule has 0 aliphatic rings. The van der Waals surface area contributed by atoms with E-state index in [9.17, 15) is 10.2 Å². The van der Waals surface area contributed by atoms with E-state index in [0.717, 1.165) is 11.2 Å². The molecular formula is C13H20N4O2. The van der Waals surface area contributed by atoms with Crippen LogP contribution in [0.15, 0.2) is 18.5 Å². The third kappa shape index (κ3) is 2.69. The van der Waals surface area contributed by atoms with E-state index in [1.54, 1.807) is 23.8 Å². The molecule has 0 unspecified atom stereocenters. The molecule has 0 amide bonds. The fourth-order valence-electron chi connectivity index (χ4n) is 1.73. The molecule has 0 bridgehead atoms. The van der Waals surface area contributed by atoms with Gasteiger partial charge in [0.15, 0.2) is 5.82 Å². The highest BCUT2D eigenvalue weighted by molar-refractivity contribution is 5.68. The third-order valence-corrected chi connectivity index (χ3v) is 3.12. The summed E-state index contributed by atoms with van der Waals surface area (Å²) in [5.74, 6) is 0.933. The molecular weight excluding hydrogens is 244 g/mol. The molecule has 19 heavy (non-hydrogen) atoms. The minimum Gasteiger partial charge on any atom is -0.394 e. The Labute approximate surface area is 112 Å². The lowest BCUT2D eigenvalue weighted by molar-refractivity contribution is 0.147. The smallest absolute Gasteiger partial charge is 0.152 e. The van der Waals surface area contributed by atoms with E-state index in [0.29, 0.717) is 11.7 Å². The molecule has 2 rings (SSSR count). The summed E-state index contributed by atoms with van der Waals surface area (Å²) in [4.78, 5) is 4.27. The van der Waals surface area contributed by atoms with Gasteiger partial charge in [0.05, 0.1) is 24.4 Å². The standard InChI is InChI=1S/C13H20N4O2/c1-9(2)10-6-11-12(14-4-5-17(11)16-10)15-13(3,7-18)8-19/h4-6,9,18-19H,7-8H2,1-3H3,(H,14,15). The van der Waals surface area contributed by atoms with Crippen molar-refractivity contribution in [2.24, 2.45) is 0 Å². The summed E-state index contributed by atoms with van der Waals surface area (Å²) in [6.45, 7) is 5.52. The van der Waals surface area contributed by atoms with Crippen LogP contribution in [-0.2, 0) is 0 Å². The lowest BCUT2D eigenvalue weighted by Gasteiger charge is -2.26. The highest BCUT2D eigenvalue weighted by atomic mass is 16.3. The van der Waals surface area contributed by atoms with Crippen LogP contribution in [0.25, 0.3) is 5.52 Å². The zero-order valence-corrected chi connectivity index (χ0v) is 11.5. The minimum absolute atomic E-state index is 0.183. The second-order valence-electron chi connectivity index (χ2n) is 5.33. The quantitative estimate of drug-likeness (QED) is 0.750. The number of rotatable bonds is 5. The number of anilines is 1. The summed E-state index contributed by atoms with van der Waals surface area (Å²) in [5, 5.41) is 26.2. The van der Waals surface area contributed by atoms with Crippen molar-refractivity contribution in [3.05, 3.63) is 24.2 Å². The second kappa shape index (κ2) is 5.14. The van der Waals surface area contributed by atoms with Crippen LogP contribution in [0.3, 0.4) is 0 Å². The van der Waals surface area contributed by atoms with E-state index in [1.807, 2.05) is 6.07 Å². The molecule has 0 spiro atoms. The number of hydrogen-bond donors (Lipinski definition) is 3. The van der Waals surface area contributed by atoms with Crippen LogP contribution < -0.4 is 5.32 Å². The van der Waals surface area contributed by atoms with E-state index in [-0.39, 0.29) is 13.2 Å². The zero-order chi connectivity index (χ0) is 14.0. The van der Waals surface area contributed by atoms with Gasteiger partial charge in [-0.3, -0.25) is 0 Å². The number of fused-ring (bicyclic) bond motifs is 1. The molecule has 3 N–H and O–H groups in total. The van der Waals surface area contributed by atoms with Crippen LogP contribution in [0.1, 0.15) is 32.4 Å². The Hall–Kier alpha value is -1.66. The van der Waals surface area contributed by atoms with Crippen LogP contribution >= 0.6 is 0 Å². The maximum Gasteiger partial charge on any atom is 0.152 e. The summed E-state index contributed by atoms with van der Waals surface area (Å²) >= 11 is 0. The predicted octanol–water partition coefficient (Wildman–Crippen LogP) is 1.01. The Morgan fingerprint density at radius 3 is 2.63 bits per heavy atom. The first-order chi connectivity index (χ1) is 8.99. The zero-order valence-electron chi connectivity index (χ0n) is 11.5. The van der Waals surface area contributed by atoms with Gasteiger partial charge in [-0.05, 0) is 18.9 Å². The molecule has 6 heteroatoms. The highest BCUT2D eigenvalue weighted by Gasteiger charge is 2.23. The number of aliphatic hydroxyl groups excluding tert-OH is 2. The van der Waals surface area contributed by atoms with E-state index in [1.165, 1.54) is 0 Å². The van der Waals surface area contributed by atoms with Gasteiger partial charge < -0.3 is 15.5 Å². The van der Waals surface area contributed by atoms with Crippen LogP contribution in [-0.4, -0.2) is 43.6 Å². The normalized spacial score (nSPS) is 12.3. The first-order valence-electron chi connectivity index (χ1n) is 6.33. The molecule has 0 aliphatic heterocycles. The van der Waals surface area contributed by atoms with Gasteiger partial charge in [0.1, 0.15) is 5.52 Å². The third-order valence-electron chi connectivity index (χ3n) is 3.12. The number of nitrogens with one attached hydrogen (secondary N) is 1. The topological polar surface area (TPSA) is 82.7 Å². The van der Waals surface area contributed by atoms with Crippen molar-refractivity contribution < 1.29 is 10.2 Å². The molecule has 0 saturated heterocycles. The SMILES string of the molecule is CC(C)c1cc2c(NC(C)(CO)CO)nccn2n1. The Bertz CT molecular complexity index is 561. The fraction of sp³-hybridized carbons (Fsp3) is 0.538. The lowest BCUT2D eigenvalue weighted by Crippen LogP contribution is -2.42. The molecule has 6 nitrogen and oxygen atoms in total. The van der Waals surface area contributed by atoms with E-state index in [4.69, 9.17) is 0 Å². The minimum atomic E-state index is -0.808. The van der Waals surface area contributed by atoms with Crippen molar-refractivity contribution in [2.45, 2.75) is 32.2 Å². The van der Waals surface area contributed by atoms with Gasteiger partial charge in [-0.15, -0.1) is 0 Å². The number of nitrogens with zero attached hydrogens (tertiary/aromatic N) is 3. The highest BCUT2D eigenvalue weighted by Crippen LogP contribution is 2.22. The van der Waals surface area contributed by atoms with Gasteiger partial charge in [-0.1, -0.05) is 13.8 Å². The average Bonchev–Trinajstić information content (AvgIpc) is 2.84. The van der Waals surface area contributed by atoms with Crippen LogP contribution in [0.2, 0.25) is 0 Å². The maximum atomic E-state index is 9.34. The van der Waals surface area contributed by atoms with Crippen LogP contribution in [0.4, 0.5) is 5.82 Å². The molecule has 0 saturated carbocycles. The molecule has 0 radical (unpaired) electrons. The Morgan fingerprint density at radius 2 is 2.05 bits per heavy atom.